The Kier molecular flexibility index (Phi) is 12.3. The van der Waals surface area contributed by atoms with E-state index in [1.165, 1.54) is 11.8 Å². The monoisotopic (exact) mass is 556 g/mol. The van der Waals surface area contributed by atoms with Gasteiger partial charge in [-0.3, -0.25) is 9.97 Å². The molecule has 0 spiro atoms. The van der Waals surface area contributed by atoms with E-state index in [9.17, 15) is 30.6 Å². The maximum atomic E-state index is 9.99. The number of hydrogen-bond donors (Lipinski definition) is 6. The topological polar surface area (TPSA) is 147 Å². The molecule has 0 fully saturated rings. The summed E-state index contributed by atoms with van der Waals surface area (Å²) in [7, 11) is 0. The van der Waals surface area contributed by atoms with Crippen molar-refractivity contribution in [3.63, 3.8) is 0 Å². The number of halogens is 2. The lowest BCUT2D eigenvalue weighted by atomic mass is 10.1. The van der Waals surface area contributed by atoms with E-state index < -0.39 is 13.2 Å². The number of aryl methyl sites for hydroxylation is 2. The van der Waals surface area contributed by atoms with Crippen LogP contribution in [-0.4, -0.2) is 40.6 Å². The summed E-state index contributed by atoms with van der Waals surface area (Å²) in [4.78, 5) is 8.60. The van der Waals surface area contributed by atoms with Crippen LogP contribution in [0.2, 0.25) is 0 Å². The van der Waals surface area contributed by atoms with Crippen LogP contribution >= 0.6 is 45.7 Å². The van der Waals surface area contributed by atoms with Gasteiger partial charge in [0.15, 0.2) is 0 Å². The summed E-state index contributed by atoms with van der Waals surface area (Å²) in [6, 6.07) is 0. The molecule has 0 aromatic carbocycles. The largest absolute Gasteiger partial charge is 0.506 e. The number of thioether (sulfide) groups is 1. The standard InChI is InChI=1S/C18H24N2O6S.2BrH/c1-9-17(25)13(5-23)11(3-21)15(19-9)7-27-8-16-12(4-22)14(6-24)18(26)10(2)20-16;;/h21-26H,3-8H2,1-2H3;2*1H. The normalized spacial score (nSPS) is 10.4. The number of aliphatic hydroxyl groups excluding tert-OH is 4. The van der Waals surface area contributed by atoms with Gasteiger partial charge < -0.3 is 30.6 Å². The fraction of sp³-hybridized carbons (Fsp3) is 0.444. The smallest absolute Gasteiger partial charge is 0.142 e. The molecule has 0 aliphatic heterocycles. The van der Waals surface area contributed by atoms with Gasteiger partial charge in [-0.05, 0) is 13.8 Å². The third kappa shape index (κ3) is 6.03. The molecule has 0 aliphatic rings. The number of hydrogen-bond acceptors (Lipinski definition) is 9. The van der Waals surface area contributed by atoms with E-state index in [2.05, 4.69) is 9.97 Å². The molecule has 0 saturated carbocycles. The van der Waals surface area contributed by atoms with Crippen LogP contribution in [-0.2, 0) is 37.9 Å². The quantitative estimate of drug-likeness (QED) is 0.287. The molecule has 0 atom stereocenters. The van der Waals surface area contributed by atoms with Crippen LogP contribution in [0.15, 0.2) is 0 Å². The molecule has 2 rings (SSSR count). The Balaban J connectivity index is 0.00000392. The molecule has 2 aromatic heterocycles. The number of pyridine rings is 2. The molecule has 0 aliphatic carbocycles. The van der Waals surface area contributed by atoms with Gasteiger partial charge in [0.25, 0.3) is 0 Å². The van der Waals surface area contributed by atoms with Crippen molar-refractivity contribution in [2.45, 2.75) is 51.8 Å². The highest BCUT2D eigenvalue weighted by Crippen LogP contribution is 2.32. The van der Waals surface area contributed by atoms with Crippen LogP contribution in [0.25, 0.3) is 0 Å². The number of aromatic nitrogens is 2. The summed E-state index contributed by atoms with van der Waals surface area (Å²) >= 11 is 1.41. The second-order valence-electron chi connectivity index (χ2n) is 6.02. The highest BCUT2D eigenvalue weighted by atomic mass is 79.9. The first-order valence-electron chi connectivity index (χ1n) is 8.31. The molecule has 0 bridgehead atoms. The van der Waals surface area contributed by atoms with Gasteiger partial charge in [-0.1, -0.05) is 0 Å². The molecule has 8 nitrogen and oxygen atoms in total. The van der Waals surface area contributed by atoms with E-state index in [4.69, 9.17) is 0 Å². The van der Waals surface area contributed by atoms with Crippen molar-refractivity contribution in [2.75, 3.05) is 0 Å². The summed E-state index contributed by atoms with van der Waals surface area (Å²) in [6.07, 6.45) is 0. The van der Waals surface area contributed by atoms with Gasteiger partial charge in [0, 0.05) is 33.8 Å². The fourth-order valence-corrected chi connectivity index (χ4v) is 3.88. The van der Waals surface area contributed by atoms with E-state index in [1.54, 1.807) is 13.8 Å². The van der Waals surface area contributed by atoms with Crippen LogP contribution in [0.1, 0.15) is 45.0 Å². The Morgan fingerprint density at radius 1 is 0.621 bits per heavy atom. The lowest BCUT2D eigenvalue weighted by Crippen LogP contribution is -2.07. The van der Waals surface area contributed by atoms with Crippen LogP contribution < -0.4 is 0 Å². The predicted molar refractivity (Wildman–Crippen MR) is 121 cm³/mol. The zero-order valence-electron chi connectivity index (χ0n) is 16.0. The highest BCUT2D eigenvalue weighted by Gasteiger charge is 2.18. The molecule has 2 heterocycles. The lowest BCUT2D eigenvalue weighted by molar-refractivity contribution is 0.253. The average Bonchev–Trinajstić information content (AvgIpc) is 2.66. The van der Waals surface area contributed by atoms with Crippen molar-refractivity contribution in [2.24, 2.45) is 0 Å². The van der Waals surface area contributed by atoms with Gasteiger partial charge in [-0.25, -0.2) is 0 Å². The minimum absolute atomic E-state index is 0. The minimum atomic E-state index is -0.407. The summed E-state index contributed by atoms with van der Waals surface area (Å²) in [6.45, 7) is 1.70. The van der Waals surface area contributed by atoms with Gasteiger partial charge in [-0.2, -0.15) is 0 Å². The van der Waals surface area contributed by atoms with Crippen LogP contribution in [0.5, 0.6) is 11.5 Å². The molecule has 0 amide bonds. The Morgan fingerprint density at radius 2 is 0.931 bits per heavy atom. The van der Waals surface area contributed by atoms with Gasteiger partial charge >= 0.3 is 0 Å². The molecule has 0 radical (unpaired) electrons. The van der Waals surface area contributed by atoms with Gasteiger partial charge in [0.2, 0.25) is 0 Å². The van der Waals surface area contributed by atoms with E-state index in [0.717, 1.165) is 0 Å². The first-order chi connectivity index (χ1) is 12.9. The maximum Gasteiger partial charge on any atom is 0.142 e. The molecule has 29 heavy (non-hydrogen) atoms. The zero-order valence-corrected chi connectivity index (χ0v) is 20.3. The second-order valence-corrected chi connectivity index (χ2v) is 7.01. The zero-order chi connectivity index (χ0) is 20.1. The number of nitrogens with zero attached hydrogens (tertiary/aromatic N) is 2. The van der Waals surface area contributed by atoms with Crippen LogP contribution in [0, 0.1) is 13.8 Å². The van der Waals surface area contributed by atoms with Crippen molar-refractivity contribution in [3.8, 4) is 11.5 Å². The number of rotatable bonds is 8. The fourth-order valence-electron chi connectivity index (χ4n) is 2.91. The minimum Gasteiger partial charge on any atom is -0.506 e. The van der Waals surface area contributed by atoms with Gasteiger partial charge in [0.05, 0.1) is 49.2 Å². The first kappa shape index (κ1) is 28.1. The third-order valence-electron chi connectivity index (χ3n) is 4.40. The molecular formula is C18H26Br2N2O6S. The van der Waals surface area contributed by atoms with Crippen molar-refractivity contribution >= 4 is 45.7 Å². The Hall–Kier alpha value is -0.950. The Bertz CT molecular complexity index is 771. The molecule has 11 heteroatoms. The molecule has 164 valence electrons. The Morgan fingerprint density at radius 3 is 1.21 bits per heavy atom. The lowest BCUT2D eigenvalue weighted by Gasteiger charge is -2.16. The Labute approximate surface area is 194 Å². The highest BCUT2D eigenvalue weighted by molar-refractivity contribution is 8.93. The first-order valence-corrected chi connectivity index (χ1v) is 9.46. The van der Waals surface area contributed by atoms with Crippen molar-refractivity contribution in [3.05, 3.63) is 45.0 Å². The third-order valence-corrected chi connectivity index (χ3v) is 5.35. The number of aliphatic hydroxyl groups is 4. The van der Waals surface area contributed by atoms with E-state index >= 15 is 0 Å². The summed E-state index contributed by atoms with van der Waals surface area (Å²) < 4.78 is 0. The molecule has 0 saturated heterocycles. The van der Waals surface area contributed by atoms with Crippen LogP contribution in [0.4, 0.5) is 0 Å². The molecule has 2 aromatic rings. The molecule has 0 unspecified atom stereocenters. The van der Waals surface area contributed by atoms with Gasteiger partial charge in [-0.15, -0.1) is 45.7 Å². The summed E-state index contributed by atoms with van der Waals surface area (Å²) in [5.41, 5.74) is 3.13. The predicted octanol–water partition coefficient (Wildman–Crippen LogP) is 2.06. The van der Waals surface area contributed by atoms with Crippen LogP contribution in [0.3, 0.4) is 0 Å². The molecule has 6 N–H and O–H groups in total. The second kappa shape index (κ2) is 12.7. The SMILES string of the molecule is Br.Br.Cc1nc(CSCc2nc(C)c(O)c(CO)c2CO)c(CO)c(CO)c1O. The van der Waals surface area contributed by atoms with Crippen molar-refractivity contribution in [1.29, 1.82) is 0 Å². The van der Waals surface area contributed by atoms with Gasteiger partial charge in [0.1, 0.15) is 11.5 Å². The average molecular weight is 558 g/mol. The van der Waals surface area contributed by atoms with Crippen molar-refractivity contribution in [1.82, 2.24) is 9.97 Å². The van der Waals surface area contributed by atoms with E-state index in [1.807, 2.05) is 0 Å². The molecular weight excluding hydrogens is 532 g/mol. The van der Waals surface area contributed by atoms with E-state index in [-0.39, 0.29) is 69.8 Å². The maximum absolute atomic E-state index is 9.99. The van der Waals surface area contributed by atoms with E-state index in [0.29, 0.717) is 45.4 Å². The summed E-state index contributed by atoms with van der Waals surface area (Å²) in [5, 5.41) is 58.2. The van der Waals surface area contributed by atoms with Crippen molar-refractivity contribution < 1.29 is 30.6 Å². The summed E-state index contributed by atoms with van der Waals surface area (Å²) in [5.74, 6) is 0.512. The number of aromatic hydroxyl groups is 2.